The predicted molar refractivity (Wildman–Crippen MR) is 84.2 cm³/mol. The molecule has 0 aliphatic heterocycles. The molecule has 1 aromatic carbocycles. The van der Waals surface area contributed by atoms with Crippen LogP contribution in [0, 0.1) is 6.92 Å². The number of nitrogen functional groups attached to an aromatic ring is 1. The highest BCUT2D eigenvalue weighted by Gasteiger charge is 2.06. The van der Waals surface area contributed by atoms with Crippen molar-refractivity contribution < 1.29 is 0 Å². The minimum atomic E-state index is 0.765. The van der Waals surface area contributed by atoms with E-state index >= 15 is 0 Å². The van der Waals surface area contributed by atoms with Crippen molar-refractivity contribution in [3.63, 3.8) is 0 Å². The van der Waals surface area contributed by atoms with Crippen molar-refractivity contribution in [1.82, 2.24) is 14.5 Å². The lowest BCUT2D eigenvalue weighted by Gasteiger charge is -2.09. The molecule has 0 unspecified atom stereocenters. The Morgan fingerprint density at radius 1 is 1.40 bits per heavy atom. The van der Waals surface area contributed by atoms with Gasteiger partial charge in [0.1, 0.15) is 5.82 Å². The smallest absolute Gasteiger partial charge is 0.110 e. The molecule has 0 fully saturated rings. The van der Waals surface area contributed by atoms with Gasteiger partial charge < -0.3 is 15.6 Å². The molecule has 2 aromatic heterocycles. The first kappa shape index (κ1) is 12.9. The van der Waals surface area contributed by atoms with Crippen LogP contribution in [-0.2, 0) is 13.5 Å². The average molecular weight is 287 g/mol. The van der Waals surface area contributed by atoms with Gasteiger partial charge in [-0.3, -0.25) is 0 Å². The van der Waals surface area contributed by atoms with Crippen molar-refractivity contribution in [2.75, 3.05) is 17.6 Å². The molecule has 0 radical (unpaired) electrons. The summed E-state index contributed by atoms with van der Waals surface area (Å²) >= 11 is 1.67. The highest BCUT2D eigenvalue weighted by atomic mass is 32.1. The maximum Gasteiger partial charge on any atom is 0.110 e. The highest BCUT2D eigenvalue weighted by Crippen LogP contribution is 2.29. The van der Waals surface area contributed by atoms with Crippen molar-refractivity contribution in [2.24, 2.45) is 7.05 Å². The molecular weight excluding hydrogens is 270 g/mol. The largest absolute Gasteiger partial charge is 0.397 e. The first-order valence-corrected chi connectivity index (χ1v) is 7.32. The van der Waals surface area contributed by atoms with E-state index in [1.54, 1.807) is 11.3 Å². The Bertz CT molecular complexity index is 743. The summed E-state index contributed by atoms with van der Waals surface area (Å²) in [5.41, 5.74) is 8.79. The summed E-state index contributed by atoms with van der Waals surface area (Å²) in [7, 11) is 2.00. The van der Waals surface area contributed by atoms with Gasteiger partial charge in [-0.1, -0.05) is 0 Å². The van der Waals surface area contributed by atoms with Crippen molar-refractivity contribution in [2.45, 2.75) is 13.3 Å². The molecule has 2 heterocycles. The third kappa shape index (κ3) is 2.46. The van der Waals surface area contributed by atoms with Gasteiger partial charge in [-0.15, -0.1) is 11.3 Å². The zero-order valence-electron chi connectivity index (χ0n) is 11.6. The zero-order valence-corrected chi connectivity index (χ0v) is 12.4. The molecule has 0 amide bonds. The summed E-state index contributed by atoms with van der Waals surface area (Å²) < 4.78 is 3.16. The number of aromatic nitrogens is 3. The number of imidazole rings is 1. The Labute approximate surface area is 121 Å². The third-order valence-electron chi connectivity index (χ3n) is 3.25. The second-order valence-electron chi connectivity index (χ2n) is 4.77. The van der Waals surface area contributed by atoms with Gasteiger partial charge in [0.25, 0.3) is 0 Å². The molecule has 104 valence electrons. The van der Waals surface area contributed by atoms with E-state index < -0.39 is 0 Å². The summed E-state index contributed by atoms with van der Waals surface area (Å²) in [5, 5.41) is 4.43. The fraction of sp³-hybridized carbons (Fsp3) is 0.286. The first-order valence-electron chi connectivity index (χ1n) is 6.50. The van der Waals surface area contributed by atoms with E-state index in [0.29, 0.717) is 0 Å². The van der Waals surface area contributed by atoms with Crippen LogP contribution in [0.15, 0.2) is 24.5 Å². The van der Waals surface area contributed by atoms with Gasteiger partial charge in [0.05, 0.1) is 26.6 Å². The highest BCUT2D eigenvalue weighted by molar-refractivity contribution is 7.18. The van der Waals surface area contributed by atoms with Gasteiger partial charge in [0, 0.05) is 32.4 Å². The van der Waals surface area contributed by atoms with Crippen molar-refractivity contribution in [3.05, 3.63) is 35.4 Å². The molecule has 0 aliphatic carbocycles. The second kappa shape index (κ2) is 5.13. The second-order valence-corrected chi connectivity index (χ2v) is 6.01. The quantitative estimate of drug-likeness (QED) is 0.724. The van der Waals surface area contributed by atoms with E-state index in [0.717, 1.165) is 45.4 Å². The van der Waals surface area contributed by atoms with E-state index in [4.69, 9.17) is 5.73 Å². The van der Waals surface area contributed by atoms with Crippen molar-refractivity contribution in [3.8, 4) is 0 Å². The molecule has 0 aliphatic rings. The topological polar surface area (TPSA) is 68.8 Å². The molecule has 6 heteroatoms. The number of nitrogens with one attached hydrogen (secondary N) is 1. The molecule has 3 aromatic rings. The Kier molecular flexibility index (Phi) is 3.31. The molecule has 3 N–H and O–H groups in total. The van der Waals surface area contributed by atoms with Crippen molar-refractivity contribution >= 4 is 32.9 Å². The van der Waals surface area contributed by atoms with Crippen LogP contribution in [0.1, 0.15) is 10.8 Å². The van der Waals surface area contributed by atoms with Crippen LogP contribution in [0.25, 0.3) is 10.2 Å². The SMILES string of the molecule is Cc1nc2cc(NCCc3nccn3C)c(N)cc2s1. The van der Waals surface area contributed by atoms with Gasteiger partial charge in [0.15, 0.2) is 0 Å². The molecule has 20 heavy (non-hydrogen) atoms. The monoisotopic (exact) mass is 287 g/mol. The fourth-order valence-electron chi connectivity index (χ4n) is 2.20. The number of hydrogen-bond donors (Lipinski definition) is 2. The van der Waals surface area contributed by atoms with E-state index in [1.165, 1.54) is 0 Å². The van der Waals surface area contributed by atoms with Crippen LogP contribution in [0.3, 0.4) is 0 Å². The number of anilines is 2. The summed E-state index contributed by atoms with van der Waals surface area (Å²) in [4.78, 5) is 8.80. The first-order chi connectivity index (χ1) is 9.63. The Balaban J connectivity index is 1.73. The Morgan fingerprint density at radius 2 is 2.25 bits per heavy atom. The van der Waals surface area contributed by atoms with E-state index in [9.17, 15) is 0 Å². The maximum absolute atomic E-state index is 6.08. The molecule has 0 spiro atoms. The van der Waals surface area contributed by atoms with Gasteiger partial charge in [-0.2, -0.15) is 0 Å². The van der Waals surface area contributed by atoms with Gasteiger partial charge in [-0.05, 0) is 19.1 Å². The normalized spacial score (nSPS) is 11.1. The summed E-state index contributed by atoms with van der Waals surface area (Å²) in [6.45, 7) is 2.80. The van der Waals surface area contributed by atoms with Gasteiger partial charge in [0.2, 0.25) is 0 Å². The minimum Gasteiger partial charge on any atom is -0.397 e. The number of fused-ring (bicyclic) bond motifs is 1. The molecule has 0 saturated carbocycles. The van der Waals surface area contributed by atoms with Crippen LogP contribution < -0.4 is 11.1 Å². The lowest BCUT2D eigenvalue weighted by Crippen LogP contribution is -2.09. The van der Waals surface area contributed by atoms with E-state index in [-0.39, 0.29) is 0 Å². The van der Waals surface area contributed by atoms with Crippen molar-refractivity contribution in [1.29, 1.82) is 0 Å². The van der Waals surface area contributed by atoms with Crippen LogP contribution >= 0.6 is 11.3 Å². The van der Waals surface area contributed by atoms with Gasteiger partial charge >= 0.3 is 0 Å². The molecule has 0 atom stereocenters. The Morgan fingerprint density at radius 3 is 3.00 bits per heavy atom. The fourth-order valence-corrected chi connectivity index (χ4v) is 3.06. The van der Waals surface area contributed by atoms with E-state index in [1.807, 2.05) is 43.1 Å². The molecule has 5 nitrogen and oxygen atoms in total. The number of nitrogens with zero attached hydrogens (tertiary/aromatic N) is 3. The third-order valence-corrected chi connectivity index (χ3v) is 4.19. The van der Waals surface area contributed by atoms with Gasteiger partial charge in [-0.25, -0.2) is 9.97 Å². The lowest BCUT2D eigenvalue weighted by atomic mass is 10.2. The molecule has 0 bridgehead atoms. The number of aryl methyl sites for hydroxylation is 2. The predicted octanol–water partition coefficient (Wildman–Crippen LogP) is 2.58. The number of benzene rings is 1. The minimum absolute atomic E-state index is 0.765. The average Bonchev–Trinajstić information content (AvgIpc) is 2.95. The number of thiazole rings is 1. The summed E-state index contributed by atoms with van der Waals surface area (Å²) in [5.74, 6) is 1.06. The Hall–Kier alpha value is -2.08. The molecule has 0 saturated heterocycles. The number of rotatable bonds is 4. The summed E-state index contributed by atoms with van der Waals surface area (Å²) in [6, 6.07) is 4.01. The molecular formula is C14H17N5S. The molecule has 3 rings (SSSR count). The number of hydrogen-bond acceptors (Lipinski definition) is 5. The summed E-state index contributed by atoms with van der Waals surface area (Å²) in [6.07, 6.45) is 4.62. The maximum atomic E-state index is 6.08. The van der Waals surface area contributed by atoms with E-state index in [2.05, 4.69) is 15.3 Å². The standard InChI is InChI=1S/C14H17N5S/c1-9-18-12-8-11(10(15)7-13(12)20-9)16-4-3-14-17-5-6-19(14)2/h5-8,16H,3-4,15H2,1-2H3. The number of nitrogens with two attached hydrogens (primary N) is 1. The lowest BCUT2D eigenvalue weighted by molar-refractivity contribution is 0.790. The zero-order chi connectivity index (χ0) is 14.1. The van der Waals surface area contributed by atoms with Crippen LogP contribution in [0.2, 0.25) is 0 Å². The van der Waals surface area contributed by atoms with Crippen LogP contribution in [0.5, 0.6) is 0 Å². The van der Waals surface area contributed by atoms with Crippen LogP contribution in [-0.4, -0.2) is 21.1 Å². The van der Waals surface area contributed by atoms with Crippen LogP contribution in [0.4, 0.5) is 11.4 Å².